The Bertz CT molecular complexity index is 1400. The number of hydrogen-bond donors (Lipinski definition) is 0. The van der Waals surface area contributed by atoms with E-state index in [1.54, 1.807) is 48.5 Å². The van der Waals surface area contributed by atoms with Crippen molar-refractivity contribution in [2.24, 2.45) is 5.41 Å². The molecule has 1 saturated carbocycles. The van der Waals surface area contributed by atoms with Crippen LogP contribution < -0.4 is 4.90 Å². The molecule has 9 heteroatoms. The minimum atomic E-state index is -4.47. The zero-order valence-corrected chi connectivity index (χ0v) is 17.7. The standard InChI is InChI=1S/C23H17ClF3N5/c1-22(11-12-22)10-9-15-5-4-6-16(13-15)31(14-23(25,26)27)19-17-7-2-3-8-18(17)32-20(24)29-30-21(32)28-19/h2-8,13H,11-12,14H2,1H3. The van der Waals surface area contributed by atoms with Crippen LogP contribution in [0, 0.1) is 17.3 Å². The maximum Gasteiger partial charge on any atom is 0.406 e. The van der Waals surface area contributed by atoms with E-state index in [4.69, 9.17) is 11.6 Å². The molecule has 4 aromatic rings. The van der Waals surface area contributed by atoms with Crippen LogP contribution in [0.25, 0.3) is 16.7 Å². The van der Waals surface area contributed by atoms with Crippen LogP contribution in [0.5, 0.6) is 0 Å². The van der Waals surface area contributed by atoms with Gasteiger partial charge in [-0.25, -0.2) is 4.40 Å². The molecule has 1 aliphatic carbocycles. The number of anilines is 2. The van der Waals surface area contributed by atoms with Gasteiger partial charge < -0.3 is 4.90 Å². The lowest BCUT2D eigenvalue weighted by molar-refractivity contribution is -0.118. The summed E-state index contributed by atoms with van der Waals surface area (Å²) in [6.07, 6.45) is -2.39. The third-order valence-electron chi connectivity index (χ3n) is 5.46. The molecule has 0 amide bonds. The highest BCUT2D eigenvalue weighted by molar-refractivity contribution is 6.29. The summed E-state index contributed by atoms with van der Waals surface area (Å²) in [5.74, 6) is 6.56. The van der Waals surface area contributed by atoms with Gasteiger partial charge in [-0.15, -0.1) is 10.2 Å². The van der Waals surface area contributed by atoms with Gasteiger partial charge in [0.1, 0.15) is 12.4 Å². The van der Waals surface area contributed by atoms with Gasteiger partial charge in [0.25, 0.3) is 5.78 Å². The molecule has 1 aliphatic rings. The van der Waals surface area contributed by atoms with Crippen LogP contribution in [0.15, 0.2) is 48.5 Å². The van der Waals surface area contributed by atoms with Crippen molar-refractivity contribution >= 4 is 39.8 Å². The molecule has 2 aromatic carbocycles. The highest BCUT2D eigenvalue weighted by Gasteiger charge is 2.35. The van der Waals surface area contributed by atoms with Gasteiger partial charge in [0.2, 0.25) is 5.28 Å². The van der Waals surface area contributed by atoms with Crippen LogP contribution in [0.1, 0.15) is 25.3 Å². The molecule has 0 atom stereocenters. The summed E-state index contributed by atoms with van der Waals surface area (Å²) >= 11 is 6.14. The van der Waals surface area contributed by atoms with E-state index < -0.39 is 12.7 Å². The molecule has 0 bridgehead atoms. The summed E-state index contributed by atoms with van der Waals surface area (Å²) in [5.41, 5.74) is 1.56. The molecule has 162 valence electrons. The van der Waals surface area contributed by atoms with Gasteiger partial charge >= 0.3 is 6.18 Å². The summed E-state index contributed by atoms with van der Waals surface area (Å²) in [7, 11) is 0. The van der Waals surface area contributed by atoms with Crippen molar-refractivity contribution in [2.75, 3.05) is 11.4 Å². The number of fused-ring (bicyclic) bond motifs is 3. The topological polar surface area (TPSA) is 46.3 Å². The Kier molecular flexibility index (Phi) is 4.75. The number of aromatic nitrogens is 4. The maximum atomic E-state index is 13.7. The molecule has 1 fully saturated rings. The Morgan fingerprint density at radius 3 is 2.66 bits per heavy atom. The van der Waals surface area contributed by atoms with E-state index in [-0.39, 0.29) is 22.3 Å². The monoisotopic (exact) mass is 455 g/mol. The zero-order chi connectivity index (χ0) is 22.5. The highest BCUT2D eigenvalue weighted by Crippen LogP contribution is 2.44. The number of nitrogens with zero attached hydrogens (tertiary/aromatic N) is 5. The normalized spacial score (nSPS) is 14.9. The van der Waals surface area contributed by atoms with E-state index in [9.17, 15) is 13.2 Å². The SMILES string of the molecule is CC1(C#Cc2cccc(N(CC(F)(F)F)c3nc4nnc(Cl)n4c4ccccc34)c2)CC1. The van der Waals surface area contributed by atoms with Crippen LogP contribution in [0.2, 0.25) is 5.28 Å². The number of hydrogen-bond acceptors (Lipinski definition) is 4. The fourth-order valence-electron chi connectivity index (χ4n) is 3.51. The lowest BCUT2D eigenvalue weighted by Gasteiger charge is -2.26. The summed E-state index contributed by atoms with van der Waals surface area (Å²) in [4.78, 5) is 5.54. The number of rotatable bonds is 3. The second-order valence-electron chi connectivity index (χ2n) is 8.12. The molecular weight excluding hydrogens is 439 g/mol. The molecule has 5 rings (SSSR count). The Balaban J connectivity index is 1.69. The molecule has 0 aliphatic heterocycles. The molecule has 32 heavy (non-hydrogen) atoms. The predicted octanol–water partition coefficient (Wildman–Crippen LogP) is 5.78. The summed E-state index contributed by atoms with van der Waals surface area (Å²) in [6, 6.07) is 13.7. The Morgan fingerprint density at radius 2 is 1.91 bits per heavy atom. The average molecular weight is 456 g/mol. The lowest BCUT2D eigenvalue weighted by atomic mass is 10.1. The fourth-order valence-corrected chi connectivity index (χ4v) is 3.72. The van der Waals surface area contributed by atoms with Crippen LogP contribution in [-0.2, 0) is 0 Å². The van der Waals surface area contributed by atoms with Gasteiger partial charge in [-0.2, -0.15) is 18.2 Å². The van der Waals surface area contributed by atoms with Crippen LogP contribution >= 0.6 is 11.6 Å². The minimum absolute atomic E-state index is 0.0113. The molecule has 5 nitrogen and oxygen atoms in total. The van der Waals surface area contributed by atoms with Crippen LogP contribution in [-0.4, -0.2) is 32.3 Å². The van der Waals surface area contributed by atoms with Gasteiger partial charge in [-0.05, 0) is 61.7 Å². The van der Waals surface area contributed by atoms with Crippen molar-refractivity contribution < 1.29 is 13.2 Å². The third-order valence-corrected chi connectivity index (χ3v) is 5.70. The zero-order valence-electron chi connectivity index (χ0n) is 17.0. The maximum absolute atomic E-state index is 13.7. The molecule has 0 N–H and O–H groups in total. The van der Waals surface area contributed by atoms with Crippen molar-refractivity contribution in [3.8, 4) is 11.8 Å². The first-order valence-electron chi connectivity index (χ1n) is 9.99. The fraction of sp³-hybridized carbons (Fsp3) is 0.261. The van der Waals surface area contributed by atoms with E-state index in [0.717, 1.165) is 17.7 Å². The molecule has 2 aromatic heterocycles. The van der Waals surface area contributed by atoms with Crippen molar-refractivity contribution in [1.82, 2.24) is 19.6 Å². The number of alkyl halides is 3. The van der Waals surface area contributed by atoms with E-state index in [0.29, 0.717) is 22.2 Å². The van der Waals surface area contributed by atoms with Crippen molar-refractivity contribution in [3.63, 3.8) is 0 Å². The van der Waals surface area contributed by atoms with Gasteiger partial charge in [0, 0.05) is 22.1 Å². The second kappa shape index (κ2) is 7.38. The number of benzene rings is 2. The molecule has 0 unspecified atom stereocenters. The largest absolute Gasteiger partial charge is 0.406 e. The quantitative estimate of drug-likeness (QED) is 0.367. The second-order valence-corrected chi connectivity index (χ2v) is 8.46. The van der Waals surface area contributed by atoms with E-state index in [1.165, 1.54) is 4.40 Å². The van der Waals surface area contributed by atoms with Gasteiger partial charge in [0.05, 0.1) is 5.52 Å². The first-order chi connectivity index (χ1) is 15.2. The van der Waals surface area contributed by atoms with E-state index in [2.05, 4.69) is 33.9 Å². The Labute approximate surface area is 186 Å². The third kappa shape index (κ3) is 3.96. The molecule has 0 radical (unpaired) electrons. The van der Waals surface area contributed by atoms with E-state index in [1.807, 2.05) is 0 Å². The Hall–Kier alpha value is -3.31. The van der Waals surface area contributed by atoms with Crippen molar-refractivity contribution in [2.45, 2.75) is 25.9 Å². The van der Waals surface area contributed by atoms with Crippen molar-refractivity contribution in [3.05, 3.63) is 59.4 Å². The number of para-hydroxylation sites is 1. The lowest BCUT2D eigenvalue weighted by Crippen LogP contribution is -2.31. The summed E-state index contributed by atoms with van der Waals surface area (Å²) in [6.45, 7) is 0.853. The van der Waals surface area contributed by atoms with Crippen LogP contribution in [0.4, 0.5) is 24.7 Å². The minimum Gasteiger partial charge on any atom is -0.317 e. The summed E-state index contributed by atoms with van der Waals surface area (Å²) in [5, 5.41) is 8.32. The predicted molar refractivity (Wildman–Crippen MR) is 117 cm³/mol. The van der Waals surface area contributed by atoms with Gasteiger partial charge in [0.15, 0.2) is 0 Å². The molecule has 0 saturated heterocycles. The van der Waals surface area contributed by atoms with Gasteiger partial charge in [-0.1, -0.05) is 30.0 Å². The molecule has 0 spiro atoms. The number of halogens is 4. The first kappa shape index (κ1) is 20.6. The van der Waals surface area contributed by atoms with Crippen LogP contribution in [0.3, 0.4) is 0 Å². The highest BCUT2D eigenvalue weighted by atomic mass is 35.5. The average Bonchev–Trinajstić information content (AvgIpc) is 3.39. The molecule has 2 heterocycles. The van der Waals surface area contributed by atoms with E-state index >= 15 is 0 Å². The smallest absolute Gasteiger partial charge is 0.317 e. The van der Waals surface area contributed by atoms with Crippen molar-refractivity contribution in [1.29, 1.82) is 0 Å². The molecular formula is C23H17ClF3N5. The van der Waals surface area contributed by atoms with Gasteiger partial charge in [-0.3, -0.25) is 0 Å². The Morgan fingerprint density at radius 1 is 1.12 bits per heavy atom. The summed E-state index contributed by atoms with van der Waals surface area (Å²) < 4.78 is 42.5. The first-order valence-corrected chi connectivity index (χ1v) is 10.4.